The molecule has 2 atom stereocenters. The van der Waals surface area contributed by atoms with Gasteiger partial charge in [-0.1, -0.05) is 42.5 Å². The molecule has 0 aromatic heterocycles. The Balaban J connectivity index is 1.45. The van der Waals surface area contributed by atoms with Crippen LogP contribution in [0.2, 0.25) is 0 Å². The number of hydrogen-bond donors (Lipinski definition) is 2. The van der Waals surface area contributed by atoms with Gasteiger partial charge in [-0.25, -0.2) is 13.6 Å². The fraction of sp³-hybridized carbons (Fsp3) is 0.292. The first-order valence-corrected chi connectivity index (χ1v) is 10.2. The van der Waals surface area contributed by atoms with E-state index in [0.29, 0.717) is 32.3 Å². The Labute approximate surface area is 179 Å². The van der Waals surface area contributed by atoms with Gasteiger partial charge in [0.25, 0.3) is 0 Å². The number of carbonyl (C=O) groups is 1. The van der Waals surface area contributed by atoms with E-state index in [0.717, 1.165) is 6.07 Å². The Hall–Kier alpha value is -3.03. The Bertz CT molecular complexity index is 1100. The number of fused-ring (bicyclic) bond motifs is 1. The van der Waals surface area contributed by atoms with Gasteiger partial charge in [0.1, 0.15) is 11.6 Å². The van der Waals surface area contributed by atoms with E-state index in [4.69, 9.17) is 9.84 Å². The molecule has 7 heteroatoms. The molecule has 2 N–H and O–H groups in total. The van der Waals surface area contributed by atoms with Crippen molar-refractivity contribution in [2.75, 3.05) is 31.1 Å². The van der Waals surface area contributed by atoms with E-state index in [-0.39, 0.29) is 17.8 Å². The molecule has 162 valence electrons. The van der Waals surface area contributed by atoms with Gasteiger partial charge in [-0.15, -0.1) is 0 Å². The minimum Gasteiger partial charge on any atom is -0.478 e. The van der Waals surface area contributed by atoms with Crippen molar-refractivity contribution in [2.45, 2.75) is 19.1 Å². The molecule has 1 unspecified atom stereocenters. The van der Waals surface area contributed by atoms with Gasteiger partial charge in [0.15, 0.2) is 0 Å². The van der Waals surface area contributed by atoms with E-state index in [2.05, 4.69) is 36.5 Å². The summed E-state index contributed by atoms with van der Waals surface area (Å²) in [6.45, 7) is 3.76. The molecule has 3 aromatic rings. The first kappa shape index (κ1) is 21.2. The number of hydrogen-bond acceptors (Lipinski definition) is 4. The molecule has 4 rings (SSSR count). The highest BCUT2D eigenvalue weighted by molar-refractivity contribution is 5.89. The maximum absolute atomic E-state index is 14.4. The molecule has 5 nitrogen and oxygen atoms in total. The molecule has 0 spiro atoms. The quantitative estimate of drug-likeness (QED) is 0.613. The number of carboxylic acids is 1. The van der Waals surface area contributed by atoms with Crippen LogP contribution in [0.1, 0.15) is 28.9 Å². The summed E-state index contributed by atoms with van der Waals surface area (Å²) < 4.78 is 33.9. The van der Waals surface area contributed by atoms with Gasteiger partial charge in [0, 0.05) is 31.7 Å². The van der Waals surface area contributed by atoms with E-state index < -0.39 is 23.2 Å². The highest BCUT2D eigenvalue weighted by atomic mass is 19.1. The molecule has 0 amide bonds. The first-order chi connectivity index (χ1) is 14.9. The van der Waals surface area contributed by atoms with Crippen LogP contribution in [-0.2, 0) is 4.74 Å². The summed E-state index contributed by atoms with van der Waals surface area (Å²) in [6, 6.07) is 16.2. The summed E-state index contributed by atoms with van der Waals surface area (Å²) in [7, 11) is 0. The molecule has 0 aliphatic carbocycles. The number of ether oxygens (including phenoxy) is 1. The minimum atomic E-state index is -1.42. The number of halogens is 2. The lowest BCUT2D eigenvalue weighted by atomic mass is 9.99. The van der Waals surface area contributed by atoms with Gasteiger partial charge >= 0.3 is 5.97 Å². The Kier molecular flexibility index (Phi) is 6.15. The van der Waals surface area contributed by atoms with Crippen LogP contribution < -0.4 is 10.2 Å². The number of nitrogens with zero attached hydrogens (tertiary/aromatic N) is 1. The van der Waals surface area contributed by atoms with Gasteiger partial charge in [-0.2, -0.15) is 0 Å². The van der Waals surface area contributed by atoms with Crippen LogP contribution in [0.4, 0.5) is 14.5 Å². The molecule has 3 aromatic carbocycles. The lowest BCUT2D eigenvalue weighted by Gasteiger charge is -2.35. The topological polar surface area (TPSA) is 61.8 Å². The predicted octanol–water partition coefficient (Wildman–Crippen LogP) is 4.37. The number of rotatable bonds is 6. The molecular weight excluding hydrogens is 402 g/mol. The second-order valence-electron chi connectivity index (χ2n) is 7.73. The molecule has 1 aliphatic rings. The summed E-state index contributed by atoms with van der Waals surface area (Å²) in [5.74, 6) is -3.28. The van der Waals surface area contributed by atoms with Crippen LogP contribution in [-0.4, -0.2) is 43.4 Å². The third-order valence-corrected chi connectivity index (χ3v) is 5.69. The smallest absolute Gasteiger partial charge is 0.338 e. The zero-order chi connectivity index (χ0) is 22.0. The number of aromatic carboxylic acids is 1. The summed E-state index contributed by atoms with van der Waals surface area (Å²) in [4.78, 5) is 12.9. The van der Waals surface area contributed by atoms with Crippen molar-refractivity contribution in [2.24, 2.45) is 0 Å². The van der Waals surface area contributed by atoms with Crippen LogP contribution in [0.25, 0.3) is 10.8 Å². The Morgan fingerprint density at radius 2 is 1.97 bits per heavy atom. The van der Waals surface area contributed by atoms with Crippen LogP contribution in [0, 0.1) is 11.6 Å². The zero-order valence-corrected chi connectivity index (χ0v) is 17.1. The van der Waals surface area contributed by atoms with E-state index in [1.54, 1.807) is 4.90 Å². The Morgan fingerprint density at radius 3 is 2.77 bits per heavy atom. The Morgan fingerprint density at radius 1 is 1.19 bits per heavy atom. The molecule has 1 aliphatic heterocycles. The zero-order valence-electron chi connectivity index (χ0n) is 17.1. The van der Waals surface area contributed by atoms with Crippen LogP contribution in [0.5, 0.6) is 0 Å². The van der Waals surface area contributed by atoms with Crippen molar-refractivity contribution in [1.82, 2.24) is 5.32 Å². The van der Waals surface area contributed by atoms with Gasteiger partial charge in [-0.3, -0.25) is 0 Å². The normalized spacial score (nSPS) is 17.6. The average Bonchev–Trinajstić information content (AvgIpc) is 2.77. The molecule has 0 radical (unpaired) electrons. The van der Waals surface area contributed by atoms with Crippen LogP contribution >= 0.6 is 0 Å². The number of carboxylic acid groups (broad SMARTS) is 1. The van der Waals surface area contributed by atoms with E-state index in [1.165, 1.54) is 16.3 Å². The summed E-state index contributed by atoms with van der Waals surface area (Å²) >= 11 is 0. The predicted molar refractivity (Wildman–Crippen MR) is 116 cm³/mol. The standard InChI is InChI=1S/C24H24F2N2O3/c1-15(18-8-4-6-16-5-2-3-7-19(16)18)27-13-17-14-28(9-10-31-17)23-11-20(24(29)30)21(25)12-22(23)26/h2-8,11-12,15,17,27H,9-10,13-14H2,1H3,(H,29,30)/t15-,17?/m1/s1. The number of nitrogens with one attached hydrogen (secondary N) is 1. The molecule has 0 saturated carbocycles. The van der Waals surface area contributed by atoms with Gasteiger partial charge in [0.2, 0.25) is 0 Å². The van der Waals surface area contributed by atoms with Gasteiger partial charge < -0.3 is 20.1 Å². The monoisotopic (exact) mass is 426 g/mol. The fourth-order valence-electron chi connectivity index (χ4n) is 4.05. The number of morpholine rings is 1. The van der Waals surface area contributed by atoms with Gasteiger partial charge in [-0.05, 0) is 29.3 Å². The summed E-state index contributed by atoms with van der Waals surface area (Å²) in [5.41, 5.74) is 0.720. The average molecular weight is 426 g/mol. The van der Waals surface area contributed by atoms with Crippen molar-refractivity contribution < 1.29 is 23.4 Å². The number of anilines is 1. The maximum Gasteiger partial charge on any atom is 0.338 e. The SMILES string of the molecule is C[C@@H](NCC1CN(c2cc(C(=O)O)c(F)cc2F)CCO1)c1cccc2ccccc12. The molecule has 31 heavy (non-hydrogen) atoms. The van der Waals surface area contributed by atoms with Gasteiger partial charge in [0.05, 0.1) is 24.0 Å². The largest absolute Gasteiger partial charge is 0.478 e. The molecule has 1 saturated heterocycles. The van der Waals surface area contributed by atoms with Crippen LogP contribution in [0.3, 0.4) is 0 Å². The molecular formula is C24H24F2N2O3. The highest BCUT2D eigenvalue weighted by Gasteiger charge is 2.25. The summed E-state index contributed by atoms with van der Waals surface area (Å²) in [5, 5.41) is 15.0. The third kappa shape index (κ3) is 4.52. The lowest BCUT2D eigenvalue weighted by molar-refractivity contribution is 0.0392. The fourth-order valence-corrected chi connectivity index (χ4v) is 4.05. The molecule has 1 heterocycles. The lowest BCUT2D eigenvalue weighted by Crippen LogP contribution is -2.47. The molecule has 0 bridgehead atoms. The van der Waals surface area contributed by atoms with Crippen molar-refractivity contribution in [1.29, 1.82) is 0 Å². The minimum absolute atomic E-state index is 0.0752. The van der Waals surface area contributed by atoms with Crippen molar-refractivity contribution in [3.05, 3.63) is 77.4 Å². The van der Waals surface area contributed by atoms with E-state index >= 15 is 0 Å². The van der Waals surface area contributed by atoms with Crippen molar-refractivity contribution in [3.8, 4) is 0 Å². The third-order valence-electron chi connectivity index (χ3n) is 5.69. The van der Waals surface area contributed by atoms with E-state index in [1.807, 2.05) is 18.2 Å². The van der Waals surface area contributed by atoms with Crippen molar-refractivity contribution >= 4 is 22.4 Å². The second kappa shape index (κ2) is 8.99. The molecule has 1 fully saturated rings. The number of benzene rings is 3. The maximum atomic E-state index is 14.4. The van der Waals surface area contributed by atoms with Crippen LogP contribution in [0.15, 0.2) is 54.6 Å². The van der Waals surface area contributed by atoms with E-state index in [9.17, 15) is 13.6 Å². The first-order valence-electron chi connectivity index (χ1n) is 10.2. The highest BCUT2D eigenvalue weighted by Crippen LogP contribution is 2.26. The van der Waals surface area contributed by atoms with Crippen molar-refractivity contribution in [3.63, 3.8) is 0 Å². The second-order valence-corrected chi connectivity index (χ2v) is 7.73. The summed E-state index contributed by atoms with van der Waals surface area (Å²) in [6.07, 6.45) is -0.219.